The number of amides is 1. The van der Waals surface area contributed by atoms with Crippen LogP contribution >= 0.6 is 0 Å². The second-order valence-corrected chi connectivity index (χ2v) is 9.38. The number of hydrogen-bond acceptors (Lipinski definition) is 5. The number of nitrogens with one attached hydrogen (secondary N) is 1. The highest BCUT2D eigenvalue weighted by Gasteiger charge is 2.70. The van der Waals surface area contributed by atoms with Crippen LogP contribution in [0.5, 0.6) is 5.75 Å². The van der Waals surface area contributed by atoms with Crippen LogP contribution in [0.4, 0.5) is 15.8 Å². The molecule has 0 aromatic heterocycles. The zero-order chi connectivity index (χ0) is 25.2. The molecule has 3 aliphatic rings. The van der Waals surface area contributed by atoms with Crippen molar-refractivity contribution in [2.24, 2.45) is 5.92 Å². The molecule has 0 aliphatic carbocycles. The van der Waals surface area contributed by atoms with E-state index in [-0.39, 0.29) is 17.3 Å². The van der Waals surface area contributed by atoms with Crippen molar-refractivity contribution in [1.29, 1.82) is 0 Å². The Hall–Kier alpha value is -4.26. The third kappa shape index (κ3) is 2.80. The minimum atomic E-state index is -1.43. The van der Waals surface area contributed by atoms with Gasteiger partial charge in [0.15, 0.2) is 11.6 Å². The van der Waals surface area contributed by atoms with Gasteiger partial charge >= 0.3 is 0 Å². The number of carbonyl (C=O) groups excluding carboxylic acids is 3. The van der Waals surface area contributed by atoms with E-state index in [1.807, 2.05) is 41.3 Å². The summed E-state index contributed by atoms with van der Waals surface area (Å²) in [6.07, 6.45) is 3.76. The van der Waals surface area contributed by atoms with E-state index in [9.17, 15) is 18.8 Å². The Labute approximate surface area is 207 Å². The van der Waals surface area contributed by atoms with Gasteiger partial charge in [-0.1, -0.05) is 42.5 Å². The van der Waals surface area contributed by atoms with Crippen LogP contribution in [0, 0.1) is 11.7 Å². The SMILES string of the molecule is COc1ccc2c(c1)C=C[C@@H]1N2[C@H](C(C)=O)[C@@H](C(=O)c2ccccc2F)[C@]12C(=O)Nc1ccccc12. The van der Waals surface area contributed by atoms with Crippen molar-refractivity contribution in [2.75, 3.05) is 17.3 Å². The minimum Gasteiger partial charge on any atom is -0.497 e. The molecule has 180 valence electrons. The number of rotatable bonds is 4. The minimum absolute atomic E-state index is 0.135. The molecular formula is C29H23FN2O4. The third-order valence-corrected chi connectivity index (χ3v) is 7.68. The molecule has 1 saturated heterocycles. The average molecular weight is 483 g/mol. The summed E-state index contributed by atoms with van der Waals surface area (Å²) in [5, 5.41) is 2.94. The van der Waals surface area contributed by atoms with Crippen LogP contribution in [-0.2, 0) is 15.0 Å². The summed E-state index contributed by atoms with van der Waals surface area (Å²) in [6, 6.07) is 16.8. The van der Waals surface area contributed by atoms with Gasteiger partial charge < -0.3 is 15.0 Å². The molecule has 0 bridgehead atoms. The first-order valence-electron chi connectivity index (χ1n) is 11.7. The molecule has 1 N–H and O–H groups in total. The van der Waals surface area contributed by atoms with E-state index >= 15 is 0 Å². The fourth-order valence-electron chi connectivity index (χ4n) is 6.27. The first kappa shape index (κ1) is 22.2. The standard InChI is InChI=1S/C29H23FN2O4/c1-16(33)26-25(27(34)19-7-3-5-9-21(19)30)29(20-8-4-6-10-22(20)31-28(29)35)24-14-11-17-15-18(36-2)12-13-23(17)32(24)26/h3-15,24-26H,1-2H3,(H,31,35)/t24-,25-,26+,29+/m0/s1. The largest absolute Gasteiger partial charge is 0.497 e. The van der Waals surface area contributed by atoms with Crippen molar-refractivity contribution in [3.63, 3.8) is 0 Å². The number of carbonyl (C=O) groups is 3. The van der Waals surface area contributed by atoms with Gasteiger partial charge in [-0.3, -0.25) is 14.4 Å². The van der Waals surface area contributed by atoms with E-state index < -0.39 is 35.0 Å². The Balaban J connectivity index is 1.66. The number of fused-ring (bicyclic) bond motifs is 6. The highest BCUT2D eigenvalue weighted by Crippen LogP contribution is 2.58. The topological polar surface area (TPSA) is 75.7 Å². The molecule has 3 heterocycles. The number of ketones is 2. The monoisotopic (exact) mass is 482 g/mol. The highest BCUT2D eigenvalue weighted by atomic mass is 19.1. The molecule has 0 unspecified atom stereocenters. The lowest BCUT2D eigenvalue weighted by Crippen LogP contribution is -2.51. The number of para-hydroxylation sites is 1. The lowest BCUT2D eigenvalue weighted by atomic mass is 9.64. The average Bonchev–Trinajstić information content (AvgIpc) is 3.36. The fraction of sp³-hybridized carbons (Fsp3) is 0.207. The highest BCUT2D eigenvalue weighted by molar-refractivity contribution is 6.16. The van der Waals surface area contributed by atoms with E-state index in [0.29, 0.717) is 22.7 Å². The summed E-state index contributed by atoms with van der Waals surface area (Å²) in [5.74, 6) is -2.42. The Morgan fingerprint density at radius 3 is 2.56 bits per heavy atom. The number of benzene rings is 3. The zero-order valence-corrected chi connectivity index (χ0v) is 19.7. The van der Waals surface area contributed by atoms with E-state index in [1.54, 1.807) is 31.4 Å². The van der Waals surface area contributed by atoms with Gasteiger partial charge in [0.05, 0.1) is 30.7 Å². The second kappa shape index (κ2) is 7.88. The van der Waals surface area contributed by atoms with Crippen LogP contribution < -0.4 is 15.0 Å². The molecule has 36 heavy (non-hydrogen) atoms. The Bertz CT molecular complexity index is 1480. The Morgan fingerprint density at radius 1 is 1.06 bits per heavy atom. The molecule has 6 rings (SSSR count). The Morgan fingerprint density at radius 2 is 1.81 bits per heavy atom. The number of methoxy groups -OCH3 is 1. The lowest BCUT2D eigenvalue weighted by Gasteiger charge is -2.37. The van der Waals surface area contributed by atoms with Crippen molar-refractivity contribution in [3.8, 4) is 5.75 Å². The van der Waals surface area contributed by atoms with E-state index in [4.69, 9.17) is 4.74 Å². The molecule has 1 amide bonds. The predicted octanol–water partition coefficient (Wildman–Crippen LogP) is 4.40. The van der Waals surface area contributed by atoms with E-state index in [1.165, 1.54) is 25.1 Å². The van der Waals surface area contributed by atoms with Gasteiger partial charge in [-0.25, -0.2) is 4.39 Å². The summed E-state index contributed by atoms with van der Waals surface area (Å²) in [6.45, 7) is 1.42. The number of halogens is 1. The number of anilines is 2. The van der Waals surface area contributed by atoms with Crippen molar-refractivity contribution in [3.05, 3.63) is 95.3 Å². The van der Waals surface area contributed by atoms with Gasteiger partial charge in [0.2, 0.25) is 5.91 Å². The molecule has 1 spiro atoms. The normalized spacial score (nSPS) is 25.2. The van der Waals surface area contributed by atoms with Gasteiger partial charge in [-0.15, -0.1) is 0 Å². The summed E-state index contributed by atoms with van der Waals surface area (Å²) in [4.78, 5) is 43.4. The third-order valence-electron chi connectivity index (χ3n) is 7.68. The van der Waals surface area contributed by atoms with Crippen LogP contribution in [0.2, 0.25) is 0 Å². The molecule has 3 aromatic carbocycles. The maximum atomic E-state index is 14.9. The van der Waals surface area contributed by atoms with Crippen LogP contribution in [0.15, 0.2) is 72.8 Å². The van der Waals surface area contributed by atoms with Gasteiger partial charge in [0.25, 0.3) is 0 Å². The lowest BCUT2D eigenvalue weighted by molar-refractivity contribution is -0.122. The van der Waals surface area contributed by atoms with Crippen molar-refractivity contribution in [1.82, 2.24) is 0 Å². The number of nitrogens with zero attached hydrogens (tertiary/aromatic N) is 1. The summed E-state index contributed by atoms with van der Waals surface area (Å²) in [5.41, 5.74) is 1.17. The van der Waals surface area contributed by atoms with Gasteiger partial charge in [-0.05, 0) is 48.9 Å². The van der Waals surface area contributed by atoms with Gasteiger partial charge in [0.1, 0.15) is 17.0 Å². The number of ether oxygens (including phenoxy) is 1. The molecule has 3 aromatic rings. The summed E-state index contributed by atoms with van der Waals surface area (Å²) in [7, 11) is 1.57. The van der Waals surface area contributed by atoms with Gasteiger partial charge in [-0.2, -0.15) is 0 Å². The van der Waals surface area contributed by atoms with Crippen molar-refractivity contribution >= 4 is 34.9 Å². The van der Waals surface area contributed by atoms with Crippen LogP contribution in [0.1, 0.15) is 28.4 Å². The molecule has 7 heteroatoms. The molecule has 4 atom stereocenters. The molecule has 3 aliphatic heterocycles. The van der Waals surface area contributed by atoms with Crippen LogP contribution in [-0.4, -0.2) is 36.7 Å². The molecule has 0 saturated carbocycles. The second-order valence-electron chi connectivity index (χ2n) is 9.38. The van der Waals surface area contributed by atoms with Crippen molar-refractivity contribution in [2.45, 2.75) is 24.4 Å². The van der Waals surface area contributed by atoms with Crippen LogP contribution in [0.3, 0.4) is 0 Å². The molecule has 6 nitrogen and oxygen atoms in total. The summed E-state index contributed by atoms with van der Waals surface area (Å²) < 4.78 is 20.3. The predicted molar refractivity (Wildman–Crippen MR) is 134 cm³/mol. The smallest absolute Gasteiger partial charge is 0.238 e. The first-order valence-corrected chi connectivity index (χ1v) is 11.7. The maximum absolute atomic E-state index is 14.9. The van der Waals surface area contributed by atoms with Crippen LogP contribution in [0.25, 0.3) is 6.08 Å². The summed E-state index contributed by atoms with van der Waals surface area (Å²) >= 11 is 0. The molecule has 0 radical (unpaired) electrons. The van der Waals surface area contributed by atoms with E-state index in [0.717, 1.165) is 5.56 Å². The quantitative estimate of drug-likeness (QED) is 0.558. The zero-order valence-electron chi connectivity index (χ0n) is 19.7. The maximum Gasteiger partial charge on any atom is 0.238 e. The van der Waals surface area contributed by atoms with Gasteiger partial charge in [0, 0.05) is 16.9 Å². The number of Topliss-reactive ketones (excluding diaryl/α,β-unsaturated/α-hetero) is 2. The van der Waals surface area contributed by atoms with E-state index in [2.05, 4.69) is 5.32 Å². The first-order chi connectivity index (χ1) is 17.4. The number of hydrogen-bond donors (Lipinski definition) is 1. The Kier molecular flexibility index (Phi) is 4.86. The fourth-order valence-corrected chi connectivity index (χ4v) is 6.27. The van der Waals surface area contributed by atoms with Crippen molar-refractivity contribution < 1.29 is 23.5 Å². The molecular weight excluding hydrogens is 459 g/mol. The molecule has 1 fully saturated rings.